The Morgan fingerprint density at radius 3 is 2.85 bits per heavy atom. The number of rotatable bonds is 6. The predicted molar refractivity (Wildman–Crippen MR) is 76.9 cm³/mol. The summed E-state index contributed by atoms with van der Waals surface area (Å²) in [5, 5.41) is 7.18. The Kier molecular flexibility index (Phi) is 5.14. The van der Waals surface area contributed by atoms with Crippen LogP contribution in [0.1, 0.15) is 25.3 Å². The third-order valence-electron chi connectivity index (χ3n) is 2.52. The van der Waals surface area contributed by atoms with Crippen molar-refractivity contribution in [2.24, 2.45) is 0 Å². The molecule has 4 nitrogen and oxygen atoms in total. The van der Waals surface area contributed by atoms with E-state index < -0.39 is 0 Å². The number of nitrogens with one attached hydrogen (secondary N) is 1. The van der Waals surface area contributed by atoms with Crippen molar-refractivity contribution < 1.29 is 13.7 Å². The third-order valence-corrected chi connectivity index (χ3v) is 2.97. The van der Waals surface area contributed by atoms with Gasteiger partial charge < -0.3 is 14.6 Å². The van der Waals surface area contributed by atoms with Gasteiger partial charge >= 0.3 is 0 Å². The molecule has 0 aliphatic rings. The normalized spacial score (nSPS) is 11.1. The Bertz CT molecular complexity index is 552. The van der Waals surface area contributed by atoms with Gasteiger partial charge in [-0.25, -0.2) is 4.39 Å². The molecule has 108 valence electrons. The summed E-state index contributed by atoms with van der Waals surface area (Å²) in [6, 6.07) is 6.60. The molecule has 6 heteroatoms. The minimum Gasteiger partial charge on any atom is -0.485 e. The van der Waals surface area contributed by atoms with Crippen LogP contribution >= 0.6 is 15.9 Å². The largest absolute Gasteiger partial charge is 0.485 e. The first-order chi connectivity index (χ1) is 9.52. The van der Waals surface area contributed by atoms with Crippen LogP contribution < -0.4 is 10.1 Å². The van der Waals surface area contributed by atoms with E-state index in [1.807, 2.05) is 6.07 Å². The Balaban J connectivity index is 1.90. The van der Waals surface area contributed by atoms with Crippen molar-refractivity contribution in [3.05, 3.63) is 46.0 Å². The molecule has 0 unspecified atom stereocenters. The topological polar surface area (TPSA) is 47.3 Å². The van der Waals surface area contributed by atoms with Gasteiger partial charge in [-0.05, 0) is 12.1 Å². The van der Waals surface area contributed by atoms with E-state index >= 15 is 0 Å². The number of ether oxygens (including phenoxy) is 1. The highest BCUT2D eigenvalue weighted by molar-refractivity contribution is 9.10. The van der Waals surface area contributed by atoms with Crippen molar-refractivity contribution in [1.29, 1.82) is 0 Å². The third kappa shape index (κ3) is 4.61. The van der Waals surface area contributed by atoms with Crippen LogP contribution in [0.3, 0.4) is 0 Å². The molecule has 1 N–H and O–H groups in total. The van der Waals surface area contributed by atoms with Gasteiger partial charge in [0.05, 0.1) is 5.69 Å². The number of nitrogens with zero attached hydrogens (tertiary/aromatic N) is 1. The molecule has 20 heavy (non-hydrogen) atoms. The van der Waals surface area contributed by atoms with Crippen LogP contribution in [0.2, 0.25) is 0 Å². The molecule has 1 aromatic carbocycles. The zero-order chi connectivity index (χ0) is 14.5. The van der Waals surface area contributed by atoms with Crippen molar-refractivity contribution >= 4 is 15.9 Å². The van der Waals surface area contributed by atoms with Gasteiger partial charge in [0, 0.05) is 29.2 Å². The maximum absolute atomic E-state index is 13.2. The van der Waals surface area contributed by atoms with E-state index in [0.717, 1.165) is 5.69 Å². The quantitative estimate of drug-likeness (QED) is 0.870. The van der Waals surface area contributed by atoms with Gasteiger partial charge in [0.15, 0.2) is 5.76 Å². The molecule has 0 atom stereocenters. The van der Waals surface area contributed by atoms with Crippen LogP contribution in [0.5, 0.6) is 5.75 Å². The van der Waals surface area contributed by atoms with Crippen molar-refractivity contribution in [3.8, 4) is 5.75 Å². The second kappa shape index (κ2) is 6.85. The van der Waals surface area contributed by atoms with Gasteiger partial charge in [0.1, 0.15) is 18.2 Å². The summed E-state index contributed by atoms with van der Waals surface area (Å²) >= 11 is 3.21. The van der Waals surface area contributed by atoms with Crippen molar-refractivity contribution in [2.45, 2.75) is 33.0 Å². The van der Waals surface area contributed by atoms with Crippen LogP contribution in [0.25, 0.3) is 0 Å². The molecule has 0 bridgehead atoms. The Labute approximate surface area is 125 Å². The highest BCUT2D eigenvalue weighted by Crippen LogP contribution is 2.21. The SMILES string of the molecule is CC(C)NCc1cc(COc2cc(F)cc(Br)c2)on1. The molecule has 0 spiro atoms. The number of hydrogen-bond donors (Lipinski definition) is 1. The molecule has 0 aliphatic heterocycles. The lowest BCUT2D eigenvalue weighted by atomic mass is 10.3. The Morgan fingerprint density at radius 2 is 2.15 bits per heavy atom. The van der Waals surface area contributed by atoms with E-state index in [4.69, 9.17) is 9.26 Å². The summed E-state index contributed by atoms with van der Waals surface area (Å²) < 4.78 is 24.4. The number of hydrogen-bond acceptors (Lipinski definition) is 4. The lowest BCUT2D eigenvalue weighted by Crippen LogP contribution is -2.21. The van der Waals surface area contributed by atoms with E-state index in [2.05, 4.69) is 40.3 Å². The van der Waals surface area contributed by atoms with E-state index in [9.17, 15) is 4.39 Å². The van der Waals surface area contributed by atoms with Gasteiger partial charge in [-0.15, -0.1) is 0 Å². The maximum atomic E-state index is 13.2. The van der Waals surface area contributed by atoms with Crippen molar-refractivity contribution in [1.82, 2.24) is 10.5 Å². The fourth-order valence-corrected chi connectivity index (χ4v) is 2.03. The first-order valence-electron chi connectivity index (χ1n) is 6.29. The van der Waals surface area contributed by atoms with E-state index in [-0.39, 0.29) is 12.4 Å². The van der Waals surface area contributed by atoms with Gasteiger partial charge in [0.2, 0.25) is 0 Å². The molecule has 0 aliphatic carbocycles. The fraction of sp³-hybridized carbons (Fsp3) is 0.357. The zero-order valence-corrected chi connectivity index (χ0v) is 12.9. The summed E-state index contributed by atoms with van der Waals surface area (Å²) in [5.74, 6) is 0.690. The zero-order valence-electron chi connectivity index (χ0n) is 11.3. The summed E-state index contributed by atoms with van der Waals surface area (Å²) in [5.41, 5.74) is 0.817. The van der Waals surface area contributed by atoms with Crippen molar-refractivity contribution in [2.75, 3.05) is 0 Å². The average Bonchev–Trinajstić information content (AvgIpc) is 2.81. The van der Waals surface area contributed by atoms with Crippen molar-refractivity contribution in [3.63, 3.8) is 0 Å². The van der Waals surface area contributed by atoms with Gasteiger partial charge in [-0.2, -0.15) is 0 Å². The van der Waals surface area contributed by atoms with Gasteiger partial charge in [0.25, 0.3) is 0 Å². The summed E-state index contributed by atoms with van der Waals surface area (Å²) in [4.78, 5) is 0. The standard InChI is InChI=1S/C14H16BrFN2O2/c1-9(2)17-7-12-6-14(20-18-12)8-19-13-4-10(15)3-11(16)5-13/h3-6,9,17H,7-8H2,1-2H3. The lowest BCUT2D eigenvalue weighted by Gasteiger charge is -2.04. The predicted octanol–water partition coefficient (Wildman–Crippen LogP) is 3.65. The second-order valence-corrected chi connectivity index (χ2v) is 5.63. The van der Waals surface area contributed by atoms with E-state index in [1.165, 1.54) is 12.1 Å². The van der Waals surface area contributed by atoms with Crippen LogP contribution in [0.15, 0.2) is 33.3 Å². The van der Waals surface area contributed by atoms with Crippen LogP contribution in [0, 0.1) is 5.82 Å². The summed E-state index contributed by atoms with van der Waals surface area (Å²) in [6.45, 7) is 4.98. The number of aromatic nitrogens is 1. The van der Waals surface area contributed by atoms with E-state index in [1.54, 1.807) is 6.07 Å². The molecule has 0 saturated heterocycles. The Hall–Kier alpha value is -1.40. The van der Waals surface area contributed by atoms with Gasteiger partial charge in [-0.1, -0.05) is 34.9 Å². The monoisotopic (exact) mass is 342 g/mol. The molecule has 0 fully saturated rings. The molecule has 1 aromatic heterocycles. The maximum Gasteiger partial charge on any atom is 0.174 e. The minimum absolute atomic E-state index is 0.213. The van der Waals surface area contributed by atoms with Gasteiger partial charge in [-0.3, -0.25) is 0 Å². The first kappa shape index (κ1) is 15.0. The lowest BCUT2D eigenvalue weighted by molar-refractivity contribution is 0.247. The smallest absolute Gasteiger partial charge is 0.174 e. The average molecular weight is 343 g/mol. The highest BCUT2D eigenvalue weighted by Gasteiger charge is 2.06. The van der Waals surface area contributed by atoms with E-state index in [0.29, 0.717) is 28.6 Å². The number of halogens is 2. The molecule has 2 aromatic rings. The highest BCUT2D eigenvalue weighted by atomic mass is 79.9. The molecule has 0 amide bonds. The first-order valence-corrected chi connectivity index (χ1v) is 7.09. The molecule has 0 saturated carbocycles. The molecule has 0 radical (unpaired) electrons. The summed E-state index contributed by atoms with van der Waals surface area (Å²) in [6.07, 6.45) is 0. The van der Waals surface area contributed by atoms with Crippen LogP contribution in [-0.4, -0.2) is 11.2 Å². The molecular weight excluding hydrogens is 327 g/mol. The molecule has 1 heterocycles. The fourth-order valence-electron chi connectivity index (χ4n) is 1.58. The summed E-state index contributed by atoms with van der Waals surface area (Å²) in [7, 11) is 0. The molecular formula is C14H16BrFN2O2. The van der Waals surface area contributed by atoms with Crippen LogP contribution in [0.4, 0.5) is 4.39 Å². The number of benzene rings is 1. The Morgan fingerprint density at radius 1 is 1.35 bits per heavy atom. The second-order valence-electron chi connectivity index (χ2n) is 4.71. The van der Waals surface area contributed by atoms with Crippen LogP contribution in [-0.2, 0) is 13.2 Å². The minimum atomic E-state index is -0.353. The molecule has 2 rings (SSSR count).